The second-order valence-corrected chi connectivity index (χ2v) is 4.71. The van der Waals surface area contributed by atoms with Gasteiger partial charge in [0.1, 0.15) is 0 Å². The molecule has 0 aliphatic carbocycles. The SMILES string of the molecule is CCCC(COC)NCc1ccc(CC(=O)O)cc1. The number of carboxylic acids is 1. The molecule has 0 saturated heterocycles. The molecule has 0 fully saturated rings. The summed E-state index contributed by atoms with van der Waals surface area (Å²) in [5, 5.41) is 12.2. The minimum Gasteiger partial charge on any atom is -0.481 e. The lowest BCUT2D eigenvalue weighted by Gasteiger charge is -2.17. The Labute approximate surface area is 114 Å². The monoisotopic (exact) mass is 265 g/mol. The Morgan fingerprint density at radius 2 is 1.95 bits per heavy atom. The van der Waals surface area contributed by atoms with Gasteiger partial charge in [-0.25, -0.2) is 0 Å². The number of carboxylic acid groups (broad SMARTS) is 1. The van der Waals surface area contributed by atoms with Gasteiger partial charge in [-0.15, -0.1) is 0 Å². The van der Waals surface area contributed by atoms with Gasteiger partial charge in [0, 0.05) is 19.7 Å². The summed E-state index contributed by atoms with van der Waals surface area (Å²) in [5.74, 6) is -0.797. The lowest BCUT2D eigenvalue weighted by atomic mass is 10.1. The maximum Gasteiger partial charge on any atom is 0.307 e. The number of hydrogen-bond acceptors (Lipinski definition) is 3. The summed E-state index contributed by atoms with van der Waals surface area (Å²) in [5.41, 5.74) is 1.99. The summed E-state index contributed by atoms with van der Waals surface area (Å²) < 4.78 is 5.18. The lowest BCUT2D eigenvalue weighted by molar-refractivity contribution is -0.136. The van der Waals surface area contributed by atoms with Crippen LogP contribution in [0.15, 0.2) is 24.3 Å². The highest BCUT2D eigenvalue weighted by Gasteiger charge is 2.06. The van der Waals surface area contributed by atoms with E-state index in [1.807, 2.05) is 24.3 Å². The Morgan fingerprint density at radius 1 is 1.32 bits per heavy atom. The van der Waals surface area contributed by atoms with E-state index in [4.69, 9.17) is 9.84 Å². The molecule has 4 heteroatoms. The van der Waals surface area contributed by atoms with Crippen LogP contribution in [0.2, 0.25) is 0 Å². The molecule has 0 aliphatic rings. The normalized spacial score (nSPS) is 12.3. The molecule has 0 bridgehead atoms. The van der Waals surface area contributed by atoms with Crippen LogP contribution in [0.3, 0.4) is 0 Å². The van der Waals surface area contributed by atoms with Crippen molar-refractivity contribution in [2.24, 2.45) is 0 Å². The predicted molar refractivity (Wildman–Crippen MR) is 75.2 cm³/mol. The first-order valence-corrected chi connectivity index (χ1v) is 6.67. The number of ether oxygens (including phenoxy) is 1. The van der Waals surface area contributed by atoms with Gasteiger partial charge in [0.25, 0.3) is 0 Å². The molecule has 0 saturated carbocycles. The third-order valence-corrected chi connectivity index (χ3v) is 2.98. The Hall–Kier alpha value is -1.39. The summed E-state index contributed by atoms with van der Waals surface area (Å²) >= 11 is 0. The van der Waals surface area contributed by atoms with Gasteiger partial charge in [-0.05, 0) is 17.5 Å². The molecule has 0 radical (unpaired) electrons. The van der Waals surface area contributed by atoms with Gasteiger partial charge in [0.2, 0.25) is 0 Å². The Bertz CT molecular complexity index is 369. The first kappa shape index (κ1) is 15.7. The van der Waals surface area contributed by atoms with E-state index in [1.165, 1.54) is 0 Å². The minimum atomic E-state index is -0.797. The largest absolute Gasteiger partial charge is 0.481 e. The Morgan fingerprint density at radius 3 is 2.47 bits per heavy atom. The average Bonchev–Trinajstić information content (AvgIpc) is 2.37. The van der Waals surface area contributed by atoms with Crippen LogP contribution in [0.1, 0.15) is 30.9 Å². The van der Waals surface area contributed by atoms with Gasteiger partial charge in [-0.1, -0.05) is 37.6 Å². The van der Waals surface area contributed by atoms with Gasteiger partial charge in [-0.2, -0.15) is 0 Å². The molecule has 106 valence electrons. The van der Waals surface area contributed by atoms with Crippen molar-refractivity contribution in [3.63, 3.8) is 0 Å². The van der Waals surface area contributed by atoms with Gasteiger partial charge < -0.3 is 15.2 Å². The van der Waals surface area contributed by atoms with E-state index >= 15 is 0 Å². The maximum atomic E-state index is 10.6. The van der Waals surface area contributed by atoms with Gasteiger partial charge in [-0.3, -0.25) is 4.79 Å². The average molecular weight is 265 g/mol. The number of carbonyl (C=O) groups is 1. The summed E-state index contributed by atoms with van der Waals surface area (Å²) in [6.07, 6.45) is 2.29. The number of methoxy groups -OCH3 is 1. The molecule has 0 aromatic heterocycles. The highest BCUT2D eigenvalue weighted by Crippen LogP contribution is 2.06. The minimum absolute atomic E-state index is 0.0792. The fraction of sp³-hybridized carbons (Fsp3) is 0.533. The molecule has 0 aliphatic heterocycles. The van der Waals surface area contributed by atoms with Crippen LogP contribution in [0.4, 0.5) is 0 Å². The van der Waals surface area contributed by atoms with Crippen molar-refractivity contribution in [1.29, 1.82) is 0 Å². The van der Waals surface area contributed by atoms with Crippen molar-refractivity contribution < 1.29 is 14.6 Å². The zero-order valence-electron chi connectivity index (χ0n) is 11.7. The number of benzene rings is 1. The van der Waals surface area contributed by atoms with Crippen LogP contribution in [-0.4, -0.2) is 30.8 Å². The highest BCUT2D eigenvalue weighted by atomic mass is 16.5. The number of aliphatic carboxylic acids is 1. The van der Waals surface area contributed by atoms with Crippen molar-refractivity contribution in [2.45, 2.75) is 38.8 Å². The molecule has 1 aromatic carbocycles. The van der Waals surface area contributed by atoms with E-state index in [9.17, 15) is 4.79 Å². The van der Waals surface area contributed by atoms with E-state index in [2.05, 4.69) is 12.2 Å². The van der Waals surface area contributed by atoms with Gasteiger partial charge in [0.15, 0.2) is 0 Å². The van der Waals surface area contributed by atoms with E-state index < -0.39 is 5.97 Å². The van der Waals surface area contributed by atoms with E-state index in [0.29, 0.717) is 12.6 Å². The smallest absolute Gasteiger partial charge is 0.307 e. The molecule has 1 aromatic rings. The first-order chi connectivity index (χ1) is 9.15. The Balaban J connectivity index is 2.45. The second kappa shape index (κ2) is 8.67. The lowest BCUT2D eigenvalue weighted by Crippen LogP contribution is -2.32. The van der Waals surface area contributed by atoms with E-state index in [0.717, 1.165) is 30.5 Å². The van der Waals surface area contributed by atoms with Crippen LogP contribution in [0.25, 0.3) is 0 Å². The van der Waals surface area contributed by atoms with Crippen molar-refractivity contribution in [1.82, 2.24) is 5.32 Å². The van der Waals surface area contributed by atoms with Crippen molar-refractivity contribution in [3.8, 4) is 0 Å². The zero-order valence-corrected chi connectivity index (χ0v) is 11.7. The summed E-state index contributed by atoms with van der Waals surface area (Å²) in [4.78, 5) is 10.6. The molecular weight excluding hydrogens is 242 g/mol. The van der Waals surface area contributed by atoms with Crippen LogP contribution in [-0.2, 0) is 22.5 Å². The summed E-state index contributed by atoms with van der Waals surface area (Å²) in [7, 11) is 1.71. The van der Waals surface area contributed by atoms with Crippen LogP contribution >= 0.6 is 0 Å². The maximum absolute atomic E-state index is 10.6. The third-order valence-electron chi connectivity index (χ3n) is 2.98. The first-order valence-electron chi connectivity index (χ1n) is 6.67. The van der Waals surface area contributed by atoms with Crippen molar-refractivity contribution >= 4 is 5.97 Å². The molecule has 0 amide bonds. The highest BCUT2D eigenvalue weighted by molar-refractivity contribution is 5.70. The number of rotatable bonds is 9. The third kappa shape index (κ3) is 6.36. The van der Waals surface area contributed by atoms with Crippen molar-refractivity contribution in [3.05, 3.63) is 35.4 Å². The van der Waals surface area contributed by atoms with Crippen LogP contribution < -0.4 is 5.32 Å². The van der Waals surface area contributed by atoms with Gasteiger partial charge >= 0.3 is 5.97 Å². The molecule has 1 unspecified atom stereocenters. The molecule has 0 spiro atoms. The quantitative estimate of drug-likeness (QED) is 0.719. The fourth-order valence-electron chi connectivity index (χ4n) is 2.01. The van der Waals surface area contributed by atoms with E-state index in [-0.39, 0.29) is 6.42 Å². The van der Waals surface area contributed by atoms with Crippen LogP contribution in [0.5, 0.6) is 0 Å². The standard InChI is InChI=1S/C15H23NO3/c1-3-4-14(11-19-2)16-10-13-7-5-12(6-8-13)9-15(17)18/h5-8,14,16H,3-4,9-11H2,1-2H3,(H,17,18). The van der Waals surface area contributed by atoms with Crippen molar-refractivity contribution in [2.75, 3.05) is 13.7 Å². The molecular formula is C15H23NO3. The molecule has 1 atom stereocenters. The summed E-state index contributed by atoms with van der Waals surface area (Å²) in [6.45, 7) is 3.65. The molecule has 0 heterocycles. The van der Waals surface area contributed by atoms with E-state index in [1.54, 1.807) is 7.11 Å². The molecule has 1 rings (SSSR count). The predicted octanol–water partition coefficient (Wildman–Crippen LogP) is 2.22. The fourth-order valence-corrected chi connectivity index (χ4v) is 2.01. The molecule has 19 heavy (non-hydrogen) atoms. The Kier molecular flexibility index (Phi) is 7.15. The summed E-state index contributed by atoms with van der Waals surface area (Å²) in [6, 6.07) is 8.06. The zero-order chi connectivity index (χ0) is 14.1. The van der Waals surface area contributed by atoms with Gasteiger partial charge in [0.05, 0.1) is 13.0 Å². The molecule has 4 nitrogen and oxygen atoms in total. The number of nitrogens with one attached hydrogen (secondary N) is 1. The van der Waals surface area contributed by atoms with Crippen LogP contribution in [0, 0.1) is 0 Å². The number of hydrogen-bond donors (Lipinski definition) is 2. The molecule has 2 N–H and O–H groups in total. The topological polar surface area (TPSA) is 58.6 Å². The second-order valence-electron chi connectivity index (χ2n) is 4.71.